The Hall–Kier alpha value is -1.55. The molecule has 1 heterocycles. The fourth-order valence-corrected chi connectivity index (χ4v) is 2.66. The number of nitrogens with zero attached hydrogens (tertiary/aromatic N) is 2. The summed E-state index contributed by atoms with van der Waals surface area (Å²) in [5.41, 5.74) is 1.27. The SMILES string of the molecule is CN=C(NCC1CCN(C)C1)NC(C)c1ccccc1. The summed E-state index contributed by atoms with van der Waals surface area (Å²) in [6, 6.07) is 10.7. The average Bonchev–Trinajstić information content (AvgIpc) is 2.89. The molecule has 0 amide bonds. The minimum absolute atomic E-state index is 0.258. The highest BCUT2D eigenvalue weighted by Gasteiger charge is 2.19. The fourth-order valence-electron chi connectivity index (χ4n) is 2.66. The van der Waals surface area contributed by atoms with Crippen LogP contribution in [0.15, 0.2) is 35.3 Å². The van der Waals surface area contributed by atoms with Gasteiger partial charge in [0.1, 0.15) is 0 Å². The zero-order valence-corrected chi connectivity index (χ0v) is 12.8. The van der Waals surface area contributed by atoms with E-state index in [0.717, 1.165) is 18.4 Å². The second kappa shape index (κ2) is 7.29. The standard InChI is InChI=1S/C16H26N4/c1-13(15-7-5-4-6-8-15)19-16(17-2)18-11-14-9-10-20(3)12-14/h4-8,13-14H,9-12H2,1-3H3,(H2,17,18,19). The Labute approximate surface area is 122 Å². The number of hydrogen-bond donors (Lipinski definition) is 2. The van der Waals surface area contributed by atoms with Gasteiger partial charge >= 0.3 is 0 Å². The van der Waals surface area contributed by atoms with E-state index < -0.39 is 0 Å². The topological polar surface area (TPSA) is 39.7 Å². The van der Waals surface area contributed by atoms with E-state index in [-0.39, 0.29) is 6.04 Å². The summed E-state index contributed by atoms with van der Waals surface area (Å²) in [6.45, 7) is 5.54. The number of hydrogen-bond acceptors (Lipinski definition) is 2. The van der Waals surface area contributed by atoms with E-state index in [4.69, 9.17) is 0 Å². The molecule has 1 saturated heterocycles. The van der Waals surface area contributed by atoms with E-state index in [2.05, 4.69) is 58.8 Å². The lowest BCUT2D eigenvalue weighted by molar-refractivity contribution is 0.393. The molecule has 1 fully saturated rings. The summed E-state index contributed by atoms with van der Waals surface area (Å²) in [5.74, 6) is 1.61. The lowest BCUT2D eigenvalue weighted by Crippen LogP contribution is -2.41. The third-order valence-corrected chi connectivity index (χ3v) is 3.92. The van der Waals surface area contributed by atoms with Crippen molar-refractivity contribution in [3.8, 4) is 0 Å². The molecule has 1 aliphatic rings. The van der Waals surface area contributed by atoms with Crippen LogP contribution >= 0.6 is 0 Å². The van der Waals surface area contributed by atoms with Gasteiger partial charge in [-0.3, -0.25) is 4.99 Å². The monoisotopic (exact) mass is 274 g/mol. The van der Waals surface area contributed by atoms with Crippen molar-refractivity contribution < 1.29 is 0 Å². The Kier molecular flexibility index (Phi) is 5.41. The summed E-state index contributed by atoms with van der Waals surface area (Å²) < 4.78 is 0. The van der Waals surface area contributed by atoms with Crippen LogP contribution in [0.1, 0.15) is 24.9 Å². The van der Waals surface area contributed by atoms with Crippen LogP contribution in [0.4, 0.5) is 0 Å². The van der Waals surface area contributed by atoms with Gasteiger partial charge in [-0.15, -0.1) is 0 Å². The quantitative estimate of drug-likeness (QED) is 0.650. The van der Waals surface area contributed by atoms with Gasteiger partial charge in [0.25, 0.3) is 0 Å². The van der Waals surface area contributed by atoms with Gasteiger partial charge in [0.15, 0.2) is 5.96 Å². The number of guanidine groups is 1. The molecule has 0 bridgehead atoms. The van der Waals surface area contributed by atoms with Crippen LogP contribution in [0.25, 0.3) is 0 Å². The minimum Gasteiger partial charge on any atom is -0.356 e. The van der Waals surface area contributed by atoms with Crippen molar-refractivity contribution in [2.45, 2.75) is 19.4 Å². The zero-order chi connectivity index (χ0) is 14.4. The Morgan fingerprint density at radius 1 is 1.40 bits per heavy atom. The molecule has 4 heteroatoms. The second-order valence-corrected chi connectivity index (χ2v) is 5.65. The lowest BCUT2D eigenvalue weighted by atomic mass is 10.1. The summed E-state index contributed by atoms with van der Waals surface area (Å²) in [4.78, 5) is 6.70. The van der Waals surface area contributed by atoms with Crippen LogP contribution in [0.2, 0.25) is 0 Å². The van der Waals surface area contributed by atoms with Crippen molar-refractivity contribution in [3.05, 3.63) is 35.9 Å². The maximum atomic E-state index is 4.31. The van der Waals surface area contributed by atoms with E-state index in [9.17, 15) is 0 Å². The largest absolute Gasteiger partial charge is 0.356 e. The maximum Gasteiger partial charge on any atom is 0.191 e. The molecule has 0 aromatic heterocycles. The van der Waals surface area contributed by atoms with E-state index in [1.165, 1.54) is 25.1 Å². The van der Waals surface area contributed by atoms with Crippen molar-refractivity contribution in [3.63, 3.8) is 0 Å². The second-order valence-electron chi connectivity index (χ2n) is 5.65. The highest BCUT2D eigenvalue weighted by Crippen LogP contribution is 2.13. The van der Waals surface area contributed by atoms with Crippen molar-refractivity contribution >= 4 is 5.96 Å². The van der Waals surface area contributed by atoms with E-state index in [0.29, 0.717) is 0 Å². The van der Waals surface area contributed by atoms with Crippen molar-refractivity contribution in [1.82, 2.24) is 15.5 Å². The molecule has 0 aliphatic carbocycles. The molecule has 1 aliphatic heterocycles. The average molecular weight is 274 g/mol. The molecule has 1 aromatic rings. The van der Waals surface area contributed by atoms with Crippen LogP contribution in [-0.4, -0.2) is 44.6 Å². The molecule has 0 saturated carbocycles. The molecule has 20 heavy (non-hydrogen) atoms. The van der Waals surface area contributed by atoms with Gasteiger partial charge in [0.05, 0.1) is 6.04 Å². The van der Waals surface area contributed by atoms with Crippen molar-refractivity contribution in [2.24, 2.45) is 10.9 Å². The Morgan fingerprint density at radius 3 is 2.75 bits per heavy atom. The lowest BCUT2D eigenvalue weighted by Gasteiger charge is -2.20. The number of rotatable bonds is 4. The van der Waals surface area contributed by atoms with Crippen LogP contribution < -0.4 is 10.6 Å². The third kappa shape index (κ3) is 4.23. The zero-order valence-electron chi connectivity index (χ0n) is 12.8. The molecule has 4 nitrogen and oxygen atoms in total. The highest BCUT2D eigenvalue weighted by atomic mass is 15.2. The summed E-state index contributed by atoms with van der Waals surface area (Å²) in [7, 11) is 4.01. The maximum absolute atomic E-state index is 4.31. The Bertz CT molecular complexity index is 429. The first kappa shape index (κ1) is 14.9. The van der Waals surface area contributed by atoms with Gasteiger partial charge in [-0.2, -0.15) is 0 Å². The summed E-state index contributed by atoms with van der Waals surface area (Å²) in [6.07, 6.45) is 1.27. The van der Waals surface area contributed by atoms with Gasteiger partial charge in [-0.25, -0.2) is 0 Å². The molecule has 1 aromatic carbocycles. The van der Waals surface area contributed by atoms with Crippen LogP contribution in [0.5, 0.6) is 0 Å². The minimum atomic E-state index is 0.258. The number of likely N-dealkylation sites (tertiary alicyclic amines) is 1. The van der Waals surface area contributed by atoms with Gasteiger partial charge in [-0.1, -0.05) is 30.3 Å². The van der Waals surface area contributed by atoms with Crippen LogP contribution in [0, 0.1) is 5.92 Å². The van der Waals surface area contributed by atoms with E-state index in [1.807, 2.05) is 13.1 Å². The van der Waals surface area contributed by atoms with Gasteiger partial charge in [0, 0.05) is 20.1 Å². The number of benzene rings is 1. The first-order chi connectivity index (χ1) is 9.69. The number of aliphatic imine (C=N–C) groups is 1. The molecular weight excluding hydrogens is 248 g/mol. The first-order valence-corrected chi connectivity index (χ1v) is 7.39. The smallest absolute Gasteiger partial charge is 0.191 e. The molecule has 2 N–H and O–H groups in total. The van der Waals surface area contributed by atoms with Crippen LogP contribution in [0.3, 0.4) is 0 Å². The first-order valence-electron chi connectivity index (χ1n) is 7.39. The predicted molar refractivity (Wildman–Crippen MR) is 85.0 cm³/mol. The fraction of sp³-hybridized carbons (Fsp3) is 0.562. The van der Waals surface area contributed by atoms with Gasteiger partial charge in [-0.05, 0) is 38.4 Å². The van der Waals surface area contributed by atoms with Crippen molar-refractivity contribution in [2.75, 3.05) is 33.7 Å². The van der Waals surface area contributed by atoms with Gasteiger partial charge < -0.3 is 15.5 Å². The predicted octanol–water partition coefficient (Wildman–Crippen LogP) is 1.86. The van der Waals surface area contributed by atoms with Crippen LogP contribution in [-0.2, 0) is 0 Å². The molecule has 2 rings (SSSR count). The molecule has 2 atom stereocenters. The molecule has 0 radical (unpaired) electrons. The summed E-state index contributed by atoms with van der Waals surface area (Å²) >= 11 is 0. The third-order valence-electron chi connectivity index (χ3n) is 3.92. The van der Waals surface area contributed by atoms with Gasteiger partial charge in [0.2, 0.25) is 0 Å². The molecule has 0 spiro atoms. The molecule has 110 valence electrons. The summed E-state index contributed by atoms with van der Waals surface area (Å²) in [5, 5.41) is 6.89. The Balaban J connectivity index is 1.80. The number of nitrogens with one attached hydrogen (secondary N) is 2. The Morgan fingerprint density at radius 2 is 2.15 bits per heavy atom. The molecular formula is C16H26N4. The van der Waals surface area contributed by atoms with Crippen molar-refractivity contribution in [1.29, 1.82) is 0 Å². The normalized spacial score (nSPS) is 21.8. The van der Waals surface area contributed by atoms with E-state index in [1.54, 1.807) is 0 Å². The highest BCUT2D eigenvalue weighted by molar-refractivity contribution is 5.80. The van der Waals surface area contributed by atoms with E-state index >= 15 is 0 Å². The molecule has 2 unspecified atom stereocenters.